The van der Waals surface area contributed by atoms with Crippen molar-refractivity contribution in [2.24, 2.45) is 16.1 Å². The minimum Gasteiger partial charge on any atom is -0.163 e. The number of nitrogens with zero attached hydrogens (tertiary/aromatic N) is 2. The van der Waals surface area contributed by atoms with Crippen molar-refractivity contribution < 1.29 is 0 Å². The zero-order valence-corrected chi connectivity index (χ0v) is 5.12. The van der Waals surface area contributed by atoms with E-state index in [2.05, 4.69) is 22.4 Å². The fourth-order valence-electron chi connectivity index (χ4n) is 1.18. The molecule has 1 aliphatic heterocycles. The Morgan fingerprint density at radius 3 is 3.44 bits per heavy atom. The van der Waals surface area contributed by atoms with Crippen LogP contribution in [0.4, 0.5) is 0 Å². The SMILES string of the molecule is C1=CC2C=NN=C2CC1. The molecule has 0 saturated heterocycles. The van der Waals surface area contributed by atoms with Gasteiger partial charge in [-0.15, -0.1) is 0 Å². The van der Waals surface area contributed by atoms with Crippen molar-refractivity contribution in [2.75, 3.05) is 0 Å². The van der Waals surface area contributed by atoms with Crippen molar-refractivity contribution in [3.63, 3.8) is 0 Å². The molecule has 1 heterocycles. The summed E-state index contributed by atoms with van der Waals surface area (Å²) in [6, 6.07) is 0. The Kier molecular flexibility index (Phi) is 0.979. The van der Waals surface area contributed by atoms with Gasteiger partial charge in [0.15, 0.2) is 0 Å². The number of allylic oxidation sites excluding steroid dienone is 2. The van der Waals surface area contributed by atoms with Crippen molar-refractivity contribution in [1.82, 2.24) is 0 Å². The molecule has 0 bridgehead atoms. The van der Waals surface area contributed by atoms with E-state index >= 15 is 0 Å². The Balaban J connectivity index is 2.31. The van der Waals surface area contributed by atoms with Crippen LogP contribution in [0.5, 0.6) is 0 Å². The molecule has 0 amide bonds. The number of rotatable bonds is 0. The highest BCUT2D eigenvalue weighted by Gasteiger charge is 2.16. The molecule has 1 atom stereocenters. The molecule has 2 nitrogen and oxygen atoms in total. The first-order chi connectivity index (χ1) is 4.47. The van der Waals surface area contributed by atoms with Crippen molar-refractivity contribution >= 4 is 11.9 Å². The lowest BCUT2D eigenvalue weighted by Crippen LogP contribution is -2.12. The average Bonchev–Trinajstić information content (AvgIpc) is 2.33. The topological polar surface area (TPSA) is 24.7 Å². The zero-order valence-electron chi connectivity index (χ0n) is 5.12. The van der Waals surface area contributed by atoms with Crippen molar-refractivity contribution in [2.45, 2.75) is 12.8 Å². The smallest absolute Gasteiger partial charge is 0.0544 e. The van der Waals surface area contributed by atoms with Gasteiger partial charge < -0.3 is 0 Å². The van der Waals surface area contributed by atoms with Crippen molar-refractivity contribution in [3.8, 4) is 0 Å². The van der Waals surface area contributed by atoms with Crippen LogP contribution >= 0.6 is 0 Å². The van der Waals surface area contributed by atoms with Gasteiger partial charge >= 0.3 is 0 Å². The molecule has 0 N–H and O–H groups in total. The van der Waals surface area contributed by atoms with E-state index in [1.165, 1.54) is 5.71 Å². The van der Waals surface area contributed by atoms with Crippen LogP contribution in [0.25, 0.3) is 0 Å². The molecule has 0 aromatic rings. The highest BCUT2D eigenvalue weighted by Crippen LogP contribution is 2.16. The Bertz CT molecular complexity index is 201. The monoisotopic (exact) mass is 120 g/mol. The van der Waals surface area contributed by atoms with Gasteiger partial charge in [-0.1, -0.05) is 12.2 Å². The highest BCUT2D eigenvalue weighted by molar-refractivity contribution is 6.03. The summed E-state index contributed by atoms with van der Waals surface area (Å²) in [6.07, 6.45) is 8.49. The van der Waals surface area contributed by atoms with Gasteiger partial charge in [-0.05, 0) is 12.8 Å². The van der Waals surface area contributed by atoms with E-state index in [0.717, 1.165) is 12.8 Å². The molecule has 2 rings (SSSR count). The summed E-state index contributed by atoms with van der Waals surface area (Å²) >= 11 is 0. The van der Waals surface area contributed by atoms with Crippen molar-refractivity contribution in [3.05, 3.63) is 12.2 Å². The molecule has 0 spiro atoms. The first kappa shape index (κ1) is 4.91. The third-order valence-corrected chi connectivity index (χ3v) is 1.71. The summed E-state index contributed by atoms with van der Waals surface area (Å²) in [7, 11) is 0. The third kappa shape index (κ3) is 0.707. The Hall–Kier alpha value is -0.920. The van der Waals surface area contributed by atoms with Crippen LogP contribution in [0.1, 0.15) is 12.8 Å². The van der Waals surface area contributed by atoms with Crippen molar-refractivity contribution in [1.29, 1.82) is 0 Å². The van der Waals surface area contributed by atoms with Crippen LogP contribution < -0.4 is 0 Å². The molecular formula is C7H8N2. The van der Waals surface area contributed by atoms with Gasteiger partial charge in [-0.2, -0.15) is 10.2 Å². The summed E-state index contributed by atoms with van der Waals surface area (Å²) in [6.45, 7) is 0. The summed E-state index contributed by atoms with van der Waals surface area (Å²) in [5.41, 5.74) is 1.23. The Morgan fingerprint density at radius 2 is 2.56 bits per heavy atom. The van der Waals surface area contributed by atoms with Gasteiger partial charge in [0.2, 0.25) is 0 Å². The predicted octanol–water partition coefficient (Wildman–Crippen LogP) is 1.39. The van der Waals surface area contributed by atoms with Gasteiger partial charge in [-0.25, -0.2) is 0 Å². The molecule has 1 aliphatic carbocycles. The van der Waals surface area contributed by atoms with Gasteiger partial charge in [-0.3, -0.25) is 0 Å². The average molecular weight is 120 g/mol. The van der Waals surface area contributed by atoms with Gasteiger partial charge in [0.1, 0.15) is 0 Å². The van der Waals surface area contributed by atoms with E-state index in [1.54, 1.807) is 0 Å². The minimum absolute atomic E-state index is 0.443. The molecule has 46 valence electrons. The summed E-state index contributed by atoms with van der Waals surface area (Å²) in [4.78, 5) is 0. The van der Waals surface area contributed by atoms with Gasteiger partial charge in [0.05, 0.1) is 11.6 Å². The molecule has 2 aliphatic rings. The number of hydrogen-bond acceptors (Lipinski definition) is 2. The molecule has 2 heteroatoms. The van der Waals surface area contributed by atoms with Gasteiger partial charge in [0, 0.05) is 6.21 Å². The second-order valence-corrected chi connectivity index (χ2v) is 2.35. The summed E-state index contributed by atoms with van der Waals surface area (Å²) < 4.78 is 0. The third-order valence-electron chi connectivity index (χ3n) is 1.71. The van der Waals surface area contributed by atoms with Crippen LogP contribution in [-0.2, 0) is 0 Å². The summed E-state index contributed by atoms with van der Waals surface area (Å²) in [5.74, 6) is 0.443. The molecule has 0 fully saturated rings. The van der Waals surface area contributed by atoms with E-state index in [4.69, 9.17) is 0 Å². The minimum atomic E-state index is 0.443. The molecular weight excluding hydrogens is 112 g/mol. The largest absolute Gasteiger partial charge is 0.163 e. The van der Waals surface area contributed by atoms with E-state index in [1.807, 2.05) is 6.21 Å². The standard InChI is InChI=1S/C7H8N2/c1-2-4-7-6(3-1)5-8-9-7/h1,3,5-6H,2,4H2. The lowest BCUT2D eigenvalue weighted by Gasteiger charge is -2.08. The maximum Gasteiger partial charge on any atom is 0.0544 e. The van der Waals surface area contributed by atoms with Crippen LogP contribution in [0.15, 0.2) is 22.4 Å². The zero-order chi connectivity index (χ0) is 6.10. The first-order valence-electron chi connectivity index (χ1n) is 3.23. The van der Waals surface area contributed by atoms with Crippen LogP contribution in [0.2, 0.25) is 0 Å². The van der Waals surface area contributed by atoms with E-state index < -0.39 is 0 Å². The maximum absolute atomic E-state index is 3.99. The molecule has 1 unspecified atom stereocenters. The normalized spacial score (nSPS) is 30.2. The van der Waals surface area contributed by atoms with Crippen LogP contribution in [-0.4, -0.2) is 11.9 Å². The van der Waals surface area contributed by atoms with E-state index in [-0.39, 0.29) is 0 Å². The van der Waals surface area contributed by atoms with Crippen LogP contribution in [0.3, 0.4) is 0 Å². The second-order valence-electron chi connectivity index (χ2n) is 2.35. The highest BCUT2D eigenvalue weighted by atomic mass is 15.2. The molecule has 0 saturated carbocycles. The van der Waals surface area contributed by atoms with Crippen LogP contribution in [0, 0.1) is 5.92 Å². The molecule has 0 aromatic heterocycles. The predicted molar refractivity (Wildman–Crippen MR) is 37.8 cm³/mol. The summed E-state index contributed by atoms with van der Waals surface area (Å²) in [5, 5.41) is 7.83. The lowest BCUT2D eigenvalue weighted by atomic mass is 9.95. The molecule has 9 heavy (non-hydrogen) atoms. The number of fused-ring (bicyclic) bond motifs is 1. The quantitative estimate of drug-likeness (QED) is 0.431. The van der Waals surface area contributed by atoms with E-state index in [0.29, 0.717) is 5.92 Å². The second kappa shape index (κ2) is 1.79. The lowest BCUT2D eigenvalue weighted by molar-refractivity contribution is 0.988. The fraction of sp³-hybridized carbons (Fsp3) is 0.429. The Morgan fingerprint density at radius 1 is 1.56 bits per heavy atom. The van der Waals surface area contributed by atoms with Gasteiger partial charge in [0.25, 0.3) is 0 Å². The molecule has 0 radical (unpaired) electrons. The first-order valence-corrected chi connectivity index (χ1v) is 3.23. The maximum atomic E-state index is 3.99. The molecule has 0 aromatic carbocycles. The number of hydrogen-bond donors (Lipinski definition) is 0. The Labute approximate surface area is 54.0 Å². The van der Waals surface area contributed by atoms with E-state index in [9.17, 15) is 0 Å². The fourth-order valence-corrected chi connectivity index (χ4v) is 1.18.